The topological polar surface area (TPSA) is 17.1 Å². The van der Waals surface area contributed by atoms with E-state index in [0.29, 0.717) is 0 Å². The van der Waals surface area contributed by atoms with Crippen LogP contribution in [0.2, 0.25) is 0 Å². The van der Waals surface area contributed by atoms with E-state index in [2.05, 4.69) is 19.1 Å². The lowest BCUT2D eigenvalue weighted by atomic mass is 10.1. The molecular formula is C15H12OS. The van der Waals surface area contributed by atoms with E-state index in [-0.39, 0.29) is 5.43 Å². The maximum Gasteiger partial charge on any atom is 0.195 e. The lowest BCUT2D eigenvalue weighted by Crippen LogP contribution is -2.01. The summed E-state index contributed by atoms with van der Waals surface area (Å²) in [5.74, 6) is 0. The second kappa shape index (κ2) is 3.67. The SMILES string of the molecule is Cc1ccc2c(=O)c3cc(C)ccc3sc2c1. The van der Waals surface area contributed by atoms with Crippen LogP contribution >= 0.6 is 11.3 Å². The minimum Gasteiger partial charge on any atom is -0.289 e. The lowest BCUT2D eigenvalue weighted by molar-refractivity contribution is 1.50. The number of rotatable bonds is 0. The van der Waals surface area contributed by atoms with Crippen molar-refractivity contribution in [2.24, 2.45) is 0 Å². The molecule has 0 aliphatic rings. The lowest BCUT2D eigenvalue weighted by Gasteiger charge is -2.02. The molecule has 2 heteroatoms. The van der Waals surface area contributed by atoms with Crippen LogP contribution in [0.4, 0.5) is 0 Å². The number of hydrogen-bond acceptors (Lipinski definition) is 2. The molecule has 3 rings (SSSR count). The van der Waals surface area contributed by atoms with Crippen LogP contribution < -0.4 is 5.43 Å². The predicted molar refractivity (Wildman–Crippen MR) is 75.1 cm³/mol. The zero-order valence-electron chi connectivity index (χ0n) is 9.78. The molecule has 0 aliphatic heterocycles. The zero-order valence-corrected chi connectivity index (χ0v) is 10.6. The summed E-state index contributed by atoms with van der Waals surface area (Å²) in [6.07, 6.45) is 0. The van der Waals surface area contributed by atoms with Gasteiger partial charge in [-0.05, 0) is 43.7 Å². The molecule has 0 saturated carbocycles. The van der Waals surface area contributed by atoms with Gasteiger partial charge >= 0.3 is 0 Å². The number of hydrogen-bond donors (Lipinski definition) is 0. The minimum atomic E-state index is 0.150. The van der Waals surface area contributed by atoms with Gasteiger partial charge in [0.2, 0.25) is 0 Å². The maximum atomic E-state index is 12.4. The van der Waals surface area contributed by atoms with Gasteiger partial charge < -0.3 is 0 Å². The Morgan fingerprint density at radius 2 is 1.53 bits per heavy atom. The van der Waals surface area contributed by atoms with Crippen molar-refractivity contribution in [2.45, 2.75) is 13.8 Å². The third kappa shape index (κ3) is 1.65. The normalized spacial score (nSPS) is 11.2. The molecule has 0 unspecified atom stereocenters. The molecule has 2 aromatic carbocycles. The molecule has 0 spiro atoms. The number of benzene rings is 2. The average molecular weight is 240 g/mol. The van der Waals surface area contributed by atoms with Gasteiger partial charge in [-0.1, -0.05) is 17.7 Å². The number of aryl methyl sites for hydroxylation is 2. The van der Waals surface area contributed by atoms with Gasteiger partial charge in [0.05, 0.1) is 0 Å². The van der Waals surface area contributed by atoms with Gasteiger partial charge in [0, 0.05) is 20.2 Å². The van der Waals surface area contributed by atoms with Gasteiger partial charge in [-0.3, -0.25) is 4.79 Å². The van der Waals surface area contributed by atoms with Crippen LogP contribution in [-0.4, -0.2) is 0 Å². The minimum absolute atomic E-state index is 0.150. The maximum absolute atomic E-state index is 12.4. The first-order chi connectivity index (χ1) is 8.15. The molecule has 1 heterocycles. The van der Waals surface area contributed by atoms with Crippen LogP contribution in [0.25, 0.3) is 20.2 Å². The van der Waals surface area contributed by atoms with Crippen LogP contribution in [0.15, 0.2) is 41.2 Å². The molecule has 0 fully saturated rings. The van der Waals surface area contributed by atoms with E-state index in [1.807, 2.05) is 31.2 Å². The second-order valence-electron chi connectivity index (χ2n) is 4.43. The van der Waals surface area contributed by atoms with Crippen LogP contribution in [0.5, 0.6) is 0 Å². The highest BCUT2D eigenvalue weighted by Gasteiger charge is 2.05. The van der Waals surface area contributed by atoms with Gasteiger partial charge in [0.1, 0.15) is 0 Å². The second-order valence-corrected chi connectivity index (χ2v) is 5.51. The van der Waals surface area contributed by atoms with Crippen molar-refractivity contribution in [3.63, 3.8) is 0 Å². The van der Waals surface area contributed by atoms with E-state index in [1.54, 1.807) is 11.3 Å². The highest BCUT2D eigenvalue weighted by Crippen LogP contribution is 2.25. The standard InChI is InChI=1S/C15H12OS/c1-9-4-6-13-12(7-9)15(16)11-5-3-10(2)8-14(11)17-13/h3-8H,1-2H3. The van der Waals surface area contributed by atoms with Crippen molar-refractivity contribution >= 4 is 31.5 Å². The first-order valence-corrected chi connectivity index (χ1v) is 6.40. The Labute approximate surface area is 103 Å². The molecular weight excluding hydrogens is 228 g/mol. The smallest absolute Gasteiger partial charge is 0.195 e. The zero-order chi connectivity index (χ0) is 12.0. The summed E-state index contributed by atoms with van der Waals surface area (Å²) in [4.78, 5) is 12.4. The van der Waals surface area contributed by atoms with E-state index in [9.17, 15) is 4.79 Å². The first-order valence-electron chi connectivity index (χ1n) is 5.59. The van der Waals surface area contributed by atoms with Gasteiger partial charge in [-0.25, -0.2) is 0 Å². The monoisotopic (exact) mass is 240 g/mol. The van der Waals surface area contributed by atoms with Crippen molar-refractivity contribution < 1.29 is 0 Å². The Balaban J connectivity index is 2.57. The fraction of sp³-hybridized carbons (Fsp3) is 0.133. The molecule has 0 bridgehead atoms. The highest BCUT2D eigenvalue weighted by atomic mass is 32.1. The number of fused-ring (bicyclic) bond motifs is 2. The van der Waals surface area contributed by atoms with Crippen molar-refractivity contribution in [3.8, 4) is 0 Å². The van der Waals surface area contributed by atoms with E-state index >= 15 is 0 Å². The van der Waals surface area contributed by atoms with Crippen molar-refractivity contribution in [3.05, 3.63) is 57.7 Å². The van der Waals surface area contributed by atoms with Crippen LogP contribution in [0, 0.1) is 13.8 Å². The summed E-state index contributed by atoms with van der Waals surface area (Å²) in [7, 11) is 0. The van der Waals surface area contributed by atoms with Gasteiger partial charge in [0.25, 0.3) is 0 Å². The Morgan fingerprint density at radius 1 is 0.824 bits per heavy atom. The molecule has 84 valence electrons. The fourth-order valence-corrected chi connectivity index (χ4v) is 3.23. The third-order valence-electron chi connectivity index (χ3n) is 2.98. The highest BCUT2D eigenvalue weighted by molar-refractivity contribution is 7.24. The summed E-state index contributed by atoms with van der Waals surface area (Å²) in [5, 5.41) is 1.67. The Morgan fingerprint density at radius 3 is 2.35 bits per heavy atom. The molecule has 0 atom stereocenters. The van der Waals surface area contributed by atoms with Crippen molar-refractivity contribution in [1.29, 1.82) is 0 Å². The Bertz CT molecular complexity index is 784. The molecule has 17 heavy (non-hydrogen) atoms. The summed E-state index contributed by atoms with van der Waals surface area (Å²) < 4.78 is 2.14. The molecule has 0 aliphatic carbocycles. The van der Waals surface area contributed by atoms with Crippen molar-refractivity contribution in [1.82, 2.24) is 0 Å². The molecule has 0 radical (unpaired) electrons. The average Bonchev–Trinajstić information content (AvgIpc) is 2.30. The van der Waals surface area contributed by atoms with E-state index in [1.165, 1.54) is 5.56 Å². The van der Waals surface area contributed by atoms with Crippen molar-refractivity contribution in [2.75, 3.05) is 0 Å². The predicted octanol–water partition coefficient (Wildman–Crippen LogP) is 4.03. The van der Waals surface area contributed by atoms with E-state index in [0.717, 1.165) is 25.7 Å². The van der Waals surface area contributed by atoms with Crippen LogP contribution in [0.3, 0.4) is 0 Å². The molecule has 0 N–H and O–H groups in total. The molecule has 1 nitrogen and oxygen atoms in total. The fourth-order valence-electron chi connectivity index (χ4n) is 2.08. The summed E-state index contributed by atoms with van der Waals surface area (Å²) in [6, 6.07) is 12.1. The summed E-state index contributed by atoms with van der Waals surface area (Å²) >= 11 is 1.69. The van der Waals surface area contributed by atoms with E-state index < -0.39 is 0 Å². The largest absolute Gasteiger partial charge is 0.289 e. The first kappa shape index (κ1) is 10.5. The molecule has 1 aromatic heterocycles. The van der Waals surface area contributed by atoms with Crippen LogP contribution in [-0.2, 0) is 0 Å². The van der Waals surface area contributed by atoms with Gasteiger partial charge in [-0.2, -0.15) is 0 Å². The summed E-state index contributed by atoms with van der Waals surface area (Å²) in [6.45, 7) is 4.07. The molecule has 0 amide bonds. The summed E-state index contributed by atoms with van der Waals surface area (Å²) in [5.41, 5.74) is 2.48. The Hall–Kier alpha value is -1.67. The third-order valence-corrected chi connectivity index (χ3v) is 4.11. The van der Waals surface area contributed by atoms with E-state index in [4.69, 9.17) is 0 Å². The van der Waals surface area contributed by atoms with Gasteiger partial charge in [-0.15, -0.1) is 11.3 Å². The van der Waals surface area contributed by atoms with Crippen LogP contribution in [0.1, 0.15) is 11.1 Å². The molecule has 0 saturated heterocycles. The Kier molecular flexibility index (Phi) is 2.26. The van der Waals surface area contributed by atoms with Gasteiger partial charge in [0.15, 0.2) is 5.43 Å². The quantitative estimate of drug-likeness (QED) is 0.542. The molecule has 3 aromatic rings.